The second-order valence-corrected chi connectivity index (χ2v) is 5.88. The summed E-state index contributed by atoms with van der Waals surface area (Å²) < 4.78 is 0. The maximum atomic E-state index is 5.95. The average molecular weight is 250 g/mol. The fourth-order valence-electron chi connectivity index (χ4n) is 2.44. The van der Waals surface area contributed by atoms with Crippen LogP contribution in [-0.2, 0) is 5.41 Å². The van der Waals surface area contributed by atoms with Crippen LogP contribution in [0.5, 0.6) is 0 Å². The molecule has 17 heavy (non-hydrogen) atoms. The third-order valence-corrected chi connectivity index (χ3v) is 4.05. The van der Waals surface area contributed by atoms with Gasteiger partial charge in [-0.3, -0.25) is 0 Å². The molecule has 0 saturated carbocycles. The van der Waals surface area contributed by atoms with Gasteiger partial charge in [-0.25, -0.2) is 0 Å². The van der Waals surface area contributed by atoms with Gasteiger partial charge in [0.15, 0.2) is 0 Å². The fourth-order valence-corrected chi connectivity index (χ4v) is 2.57. The van der Waals surface area contributed by atoms with Crippen molar-refractivity contribution < 1.29 is 0 Å². The van der Waals surface area contributed by atoms with Crippen molar-refractivity contribution in [3.05, 3.63) is 46.5 Å². The molecule has 1 aliphatic rings. The van der Waals surface area contributed by atoms with E-state index in [1.807, 2.05) is 12.1 Å². The Morgan fingerprint density at radius 3 is 2.47 bits per heavy atom. The molecule has 0 aliphatic carbocycles. The Morgan fingerprint density at radius 1 is 1.24 bits per heavy atom. The summed E-state index contributed by atoms with van der Waals surface area (Å²) in [4.78, 5) is 0. The second-order valence-electron chi connectivity index (χ2n) is 5.44. The zero-order valence-electron chi connectivity index (χ0n) is 10.8. The normalized spacial score (nSPS) is 21.2. The van der Waals surface area contributed by atoms with Gasteiger partial charge in [-0.05, 0) is 31.0 Å². The first-order valence-corrected chi connectivity index (χ1v) is 6.53. The van der Waals surface area contributed by atoms with E-state index in [0.717, 1.165) is 18.0 Å². The van der Waals surface area contributed by atoms with Crippen molar-refractivity contribution in [2.75, 3.05) is 6.54 Å². The van der Waals surface area contributed by atoms with Crippen molar-refractivity contribution in [3.63, 3.8) is 0 Å². The molecule has 1 N–H and O–H groups in total. The van der Waals surface area contributed by atoms with E-state index in [-0.39, 0.29) is 5.41 Å². The van der Waals surface area contributed by atoms with Crippen LogP contribution in [0.25, 0.3) is 0 Å². The Kier molecular flexibility index (Phi) is 3.60. The van der Waals surface area contributed by atoms with E-state index < -0.39 is 0 Å². The molecule has 1 aliphatic heterocycles. The van der Waals surface area contributed by atoms with Gasteiger partial charge in [-0.1, -0.05) is 49.2 Å². The first kappa shape index (κ1) is 12.7. The molecule has 2 rings (SSSR count). The lowest BCUT2D eigenvalue weighted by molar-refractivity contribution is 0.337. The van der Waals surface area contributed by atoms with Crippen molar-refractivity contribution in [3.8, 4) is 0 Å². The van der Waals surface area contributed by atoms with Crippen LogP contribution in [-0.4, -0.2) is 12.6 Å². The van der Waals surface area contributed by atoms with Gasteiger partial charge in [0.05, 0.1) is 0 Å². The Labute approximate surface area is 109 Å². The molecule has 0 aromatic heterocycles. The predicted molar refractivity (Wildman–Crippen MR) is 74.6 cm³/mol. The topological polar surface area (TPSA) is 12.0 Å². The van der Waals surface area contributed by atoms with Crippen LogP contribution in [0.1, 0.15) is 32.8 Å². The van der Waals surface area contributed by atoms with E-state index in [2.05, 4.69) is 44.3 Å². The van der Waals surface area contributed by atoms with Crippen molar-refractivity contribution in [1.29, 1.82) is 0 Å². The number of nitrogens with one attached hydrogen (secondary N) is 1. The molecule has 0 spiro atoms. The van der Waals surface area contributed by atoms with E-state index in [1.165, 1.54) is 11.1 Å². The maximum Gasteiger partial charge on any atom is 0.0406 e. The van der Waals surface area contributed by atoms with Crippen LogP contribution < -0.4 is 5.32 Å². The highest BCUT2D eigenvalue weighted by Crippen LogP contribution is 2.32. The predicted octanol–water partition coefficient (Wildman–Crippen LogP) is 3.93. The van der Waals surface area contributed by atoms with Crippen LogP contribution in [0.15, 0.2) is 35.9 Å². The summed E-state index contributed by atoms with van der Waals surface area (Å²) >= 11 is 5.95. The Bertz CT molecular complexity index is 417. The average Bonchev–Trinajstić information content (AvgIpc) is 2.29. The van der Waals surface area contributed by atoms with Gasteiger partial charge in [0.1, 0.15) is 0 Å². The van der Waals surface area contributed by atoms with Gasteiger partial charge in [0, 0.05) is 23.0 Å². The molecule has 0 saturated heterocycles. The molecule has 0 radical (unpaired) electrons. The van der Waals surface area contributed by atoms with Gasteiger partial charge in [-0.2, -0.15) is 0 Å². The summed E-state index contributed by atoms with van der Waals surface area (Å²) in [5.41, 5.74) is 2.95. The lowest BCUT2D eigenvalue weighted by Crippen LogP contribution is -2.46. The first-order valence-electron chi connectivity index (χ1n) is 6.15. The maximum absolute atomic E-state index is 5.95. The molecular formula is C15H20ClN. The molecule has 0 amide bonds. The van der Waals surface area contributed by atoms with Crippen LogP contribution in [0.2, 0.25) is 5.02 Å². The van der Waals surface area contributed by atoms with Gasteiger partial charge >= 0.3 is 0 Å². The molecule has 0 bridgehead atoms. The molecule has 1 nitrogen and oxygen atoms in total. The van der Waals surface area contributed by atoms with E-state index in [4.69, 9.17) is 11.6 Å². The molecule has 1 aromatic rings. The van der Waals surface area contributed by atoms with Crippen molar-refractivity contribution in [2.24, 2.45) is 0 Å². The third kappa shape index (κ3) is 2.72. The van der Waals surface area contributed by atoms with Crippen molar-refractivity contribution in [1.82, 2.24) is 5.32 Å². The number of benzene rings is 1. The smallest absolute Gasteiger partial charge is 0.0406 e. The summed E-state index contributed by atoms with van der Waals surface area (Å²) in [6.45, 7) is 7.79. The molecule has 1 aromatic carbocycles. The minimum Gasteiger partial charge on any atom is -0.309 e. The summed E-state index contributed by atoms with van der Waals surface area (Å²) in [6, 6.07) is 8.72. The summed E-state index contributed by atoms with van der Waals surface area (Å²) in [5.74, 6) is 0. The SMILES string of the molecule is CC1=CCNC(C(C)(C)c2ccc(Cl)cc2)C1. The number of halogens is 1. The Hall–Kier alpha value is -0.790. The van der Waals surface area contributed by atoms with E-state index in [1.54, 1.807) is 0 Å². The molecule has 1 heterocycles. The summed E-state index contributed by atoms with van der Waals surface area (Å²) in [7, 11) is 0. The zero-order valence-corrected chi connectivity index (χ0v) is 11.5. The van der Waals surface area contributed by atoms with Crippen LogP contribution in [0.4, 0.5) is 0 Å². The standard InChI is InChI=1S/C15H20ClN/c1-11-8-9-17-14(10-11)15(2,3)12-4-6-13(16)7-5-12/h4-8,14,17H,9-10H2,1-3H3. The zero-order chi connectivity index (χ0) is 12.5. The quantitative estimate of drug-likeness (QED) is 0.784. The van der Waals surface area contributed by atoms with Gasteiger partial charge in [0.2, 0.25) is 0 Å². The number of rotatable bonds is 2. The van der Waals surface area contributed by atoms with Crippen molar-refractivity contribution >= 4 is 11.6 Å². The van der Waals surface area contributed by atoms with E-state index in [0.29, 0.717) is 6.04 Å². The highest BCUT2D eigenvalue weighted by Gasteiger charge is 2.31. The van der Waals surface area contributed by atoms with E-state index >= 15 is 0 Å². The highest BCUT2D eigenvalue weighted by molar-refractivity contribution is 6.30. The summed E-state index contributed by atoms with van der Waals surface area (Å²) in [5, 5.41) is 4.40. The lowest BCUT2D eigenvalue weighted by atomic mass is 9.74. The van der Waals surface area contributed by atoms with Gasteiger partial charge < -0.3 is 5.32 Å². The van der Waals surface area contributed by atoms with Gasteiger partial charge in [-0.15, -0.1) is 0 Å². The molecule has 0 fully saturated rings. The monoisotopic (exact) mass is 249 g/mol. The van der Waals surface area contributed by atoms with Crippen LogP contribution >= 0.6 is 11.6 Å². The molecule has 1 atom stereocenters. The third-order valence-electron chi connectivity index (χ3n) is 3.80. The minimum absolute atomic E-state index is 0.125. The van der Waals surface area contributed by atoms with E-state index in [9.17, 15) is 0 Å². The van der Waals surface area contributed by atoms with Crippen LogP contribution in [0, 0.1) is 0 Å². The fraction of sp³-hybridized carbons (Fsp3) is 0.467. The lowest BCUT2D eigenvalue weighted by Gasteiger charge is -2.38. The number of hydrogen-bond donors (Lipinski definition) is 1. The highest BCUT2D eigenvalue weighted by atomic mass is 35.5. The Morgan fingerprint density at radius 2 is 1.88 bits per heavy atom. The van der Waals surface area contributed by atoms with Crippen LogP contribution in [0.3, 0.4) is 0 Å². The summed E-state index contributed by atoms with van der Waals surface area (Å²) in [6.07, 6.45) is 3.39. The molecule has 2 heteroatoms. The Balaban J connectivity index is 2.23. The molecule has 92 valence electrons. The first-order chi connectivity index (χ1) is 8.00. The van der Waals surface area contributed by atoms with Gasteiger partial charge in [0.25, 0.3) is 0 Å². The molecular weight excluding hydrogens is 230 g/mol. The second kappa shape index (κ2) is 4.83. The molecule has 1 unspecified atom stereocenters. The van der Waals surface area contributed by atoms with Crippen molar-refractivity contribution in [2.45, 2.75) is 38.6 Å². The number of hydrogen-bond acceptors (Lipinski definition) is 1. The largest absolute Gasteiger partial charge is 0.309 e. The minimum atomic E-state index is 0.125.